The second-order valence-electron chi connectivity index (χ2n) is 6.41. The average Bonchev–Trinajstić information content (AvgIpc) is 2.86. The molecule has 1 N–H and O–H groups in total. The van der Waals surface area contributed by atoms with Crippen LogP contribution in [-0.2, 0) is 0 Å². The average molecular weight is 309 g/mol. The standard InChI is InChI=1S/C15H21ClN4O/c1-8(2)10-5-4-9(3)6-12(10)21-14-11-7-17-20-13(11)18-15(16)19-14/h7-10,12H,4-6H2,1-3H3,(H,17,18,19,20). The van der Waals surface area contributed by atoms with E-state index in [1.165, 1.54) is 12.8 Å². The molecule has 1 fully saturated rings. The van der Waals surface area contributed by atoms with Crippen molar-refractivity contribution in [2.75, 3.05) is 0 Å². The smallest absolute Gasteiger partial charge is 0.229 e. The fraction of sp³-hybridized carbons (Fsp3) is 0.667. The van der Waals surface area contributed by atoms with Gasteiger partial charge in [-0.2, -0.15) is 15.1 Å². The summed E-state index contributed by atoms with van der Waals surface area (Å²) in [5.41, 5.74) is 0.620. The topological polar surface area (TPSA) is 63.7 Å². The van der Waals surface area contributed by atoms with Gasteiger partial charge in [0.05, 0.1) is 6.20 Å². The van der Waals surface area contributed by atoms with Gasteiger partial charge < -0.3 is 4.74 Å². The Morgan fingerprint density at radius 3 is 2.90 bits per heavy atom. The van der Waals surface area contributed by atoms with E-state index in [2.05, 4.69) is 40.9 Å². The first-order valence-corrected chi connectivity index (χ1v) is 7.95. The van der Waals surface area contributed by atoms with E-state index < -0.39 is 0 Å². The van der Waals surface area contributed by atoms with Crippen molar-refractivity contribution in [2.24, 2.45) is 17.8 Å². The van der Waals surface area contributed by atoms with Crippen molar-refractivity contribution < 1.29 is 4.74 Å². The molecule has 0 aromatic carbocycles. The van der Waals surface area contributed by atoms with E-state index in [9.17, 15) is 0 Å². The lowest BCUT2D eigenvalue weighted by atomic mass is 9.75. The number of hydrogen-bond donors (Lipinski definition) is 1. The van der Waals surface area contributed by atoms with Gasteiger partial charge in [-0.1, -0.05) is 27.2 Å². The number of nitrogens with zero attached hydrogens (tertiary/aromatic N) is 3. The van der Waals surface area contributed by atoms with Crippen LogP contribution in [0.15, 0.2) is 6.20 Å². The molecular weight excluding hydrogens is 288 g/mol. The first-order chi connectivity index (χ1) is 10.0. The minimum atomic E-state index is 0.179. The number of halogens is 1. The molecule has 0 bridgehead atoms. The van der Waals surface area contributed by atoms with E-state index in [1.54, 1.807) is 6.20 Å². The Kier molecular flexibility index (Phi) is 4.02. The highest BCUT2D eigenvalue weighted by Crippen LogP contribution is 2.36. The molecule has 114 valence electrons. The molecule has 5 nitrogen and oxygen atoms in total. The molecule has 6 heteroatoms. The predicted octanol–water partition coefficient (Wildman–Crippen LogP) is 3.85. The molecule has 2 aromatic heterocycles. The molecular formula is C15H21ClN4O. The summed E-state index contributed by atoms with van der Waals surface area (Å²) in [7, 11) is 0. The second kappa shape index (κ2) is 5.79. The van der Waals surface area contributed by atoms with E-state index in [0.717, 1.165) is 11.8 Å². The Balaban J connectivity index is 1.90. The van der Waals surface area contributed by atoms with Crippen LogP contribution in [0.1, 0.15) is 40.0 Å². The van der Waals surface area contributed by atoms with E-state index in [0.29, 0.717) is 29.3 Å². The summed E-state index contributed by atoms with van der Waals surface area (Å²) in [6.07, 6.45) is 5.41. The van der Waals surface area contributed by atoms with Crippen LogP contribution in [0, 0.1) is 17.8 Å². The van der Waals surface area contributed by atoms with Crippen molar-refractivity contribution in [3.8, 4) is 5.88 Å². The maximum Gasteiger partial charge on any atom is 0.229 e. The molecule has 2 aromatic rings. The van der Waals surface area contributed by atoms with Gasteiger partial charge in [0.15, 0.2) is 5.65 Å². The van der Waals surface area contributed by atoms with Gasteiger partial charge in [0.2, 0.25) is 11.2 Å². The fourth-order valence-electron chi connectivity index (χ4n) is 3.27. The zero-order valence-corrected chi connectivity index (χ0v) is 13.4. The van der Waals surface area contributed by atoms with Gasteiger partial charge in [0.1, 0.15) is 11.5 Å². The summed E-state index contributed by atoms with van der Waals surface area (Å²) in [4.78, 5) is 8.37. The lowest BCUT2D eigenvalue weighted by Crippen LogP contribution is -2.36. The molecule has 21 heavy (non-hydrogen) atoms. The van der Waals surface area contributed by atoms with Crippen LogP contribution < -0.4 is 4.74 Å². The van der Waals surface area contributed by atoms with Crippen LogP contribution in [0.5, 0.6) is 5.88 Å². The normalized spacial score (nSPS) is 26.4. The highest BCUT2D eigenvalue weighted by molar-refractivity contribution is 6.28. The first-order valence-electron chi connectivity index (χ1n) is 7.58. The summed E-state index contributed by atoms with van der Waals surface area (Å²) < 4.78 is 6.26. The Morgan fingerprint density at radius 1 is 1.33 bits per heavy atom. The van der Waals surface area contributed by atoms with Gasteiger partial charge in [-0.15, -0.1) is 0 Å². The van der Waals surface area contributed by atoms with Crippen LogP contribution in [0.3, 0.4) is 0 Å². The minimum absolute atomic E-state index is 0.179. The number of nitrogens with one attached hydrogen (secondary N) is 1. The summed E-state index contributed by atoms with van der Waals surface area (Å²) in [6, 6.07) is 0. The minimum Gasteiger partial charge on any atom is -0.473 e. The number of rotatable bonds is 3. The number of ether oxygens (including phenoxy) is 1. The quantitative estimate of drug-likeness (QED) is 0.875. The van der Waals surface area contributed by atoms with Crippen LogP contribution in [0.2, 0.25) is 5.28 Å². The van der Waals surface area contributed by atoms with E-state index in [1.807, 2.05) is 0 Å². The van der Waals surface area contributed by atoms with Crippen molar-refractivity contribution in [3.05, 3.63) is 11.5 Å². The van der Waals surface area contributed by atoms with Crippen LogP contribution in [0.25, 0.3) is 11.0 Å². The van der Waals surface area contributed by atoms with Gasteiger partial charge in [-0.3, -0.25) is 5.10 Å². The maximum absolute atomic E-state index is 6.26. The molecule has 1 saturated carbocycles. The fourth-order valence-corrected chi connectivity index (χ4v) is 3.43. The largest absolute Gasteiger partial charge is 0.473 e. The monoisotopic (exact) mass is 308 g/mol. The molecule has 0 amide bonds. The van der Waals surface area contributed by atoms with Crippen molar-refractivity contribution in [2.45, 2.75) is 46.1 Å². The molecule has 3 unspecified atom stereocenters. The molecule has 2 heterocycles. The van der Waals surface area contributed by atoms with E-state index in [-0.39, 0.29) is 11.4 Å². The maximum atomic E-state index is 6.26. The summed E-state index contributed by atoms with van der Waals surface area (Å²) in [5.74, 6) is 2.38. The lowest BCUT2D eigenvalue weighted by molar-refractivity contribution is 0.0438. The Labute approximate surface area is 129 Å². The van der Waals surface area contributed by atoms with Gasteiger partial charge in [0, 0.05) is 0 Å². The zero-order chi connectivity index (χ0) is 15.0. The molecule has 1 aliphatic rings. The highest BCUT2D eigenvalue weighted by atomic mass is 35.5. The molecule has 3 atom stereocenters. The van der Waals surface area contributed by atoms with Crippen LogP contribution in [0.4, 0.5) is 0 Å². The molecule has 1 aliphatic carbocycles. The Morgan fingerprint density at radius 2 is 2.14 bits per heavy atom. The predicted molar refractivity (Wildman–Crippen MR) is 82.5 cm³/mol. The third kappa shape index (κ3) is 2.98. The summed E-state index contributed by atoms with van der Waals surface area (Å²) in [5, 5.41) is 7.79. The summed E-state index contributed by atoms with van der Waals surface area (Å²) in [6.45, 7) is 6.81. The van der Waals surface area contributed by atoms with Crippen molar-refractivity contribution in [1.82, 2.24) is 20.2 Å². The molecule has 0 aliphatic heterocycles. The number of H-pyrrole nitrogens is 1. The van der Waals surface area contributed by atoms with Gasteiger partial charge in [-0.05, 0) is 42.2 Å². The van der Waals surface area contributed by atoms with Crippen molar-refractivity contribution >= 4 is 22.6 Å². The number of fused-ring (bicyclic) bond motifs is 1. The second-order valence-corrected chi connectivity index (χ2v) is 6.75. The third-order valence-corrected chi connectivity index (χ3v) is 4.64. The SMILES string of the molecule is CC1CCC(C(C)C)C(Oc2nc(Cl)nc3[nH]ncc23)C1. The van der Waals surface area contributed by atoms with Crippen LogP contribution >= 0.6 is 11.6 Å². The molecule has 3 rings (SSSR count). The van der Waals surface area contributed by atoms with E-state index in [4.69, 9.17) is 16.3 Å². The van der Waals surface area contributed by atoms with E-state index >= 15 is 0 Å². The molecule has 0 saturated heterocycles. The van der Waals surface area contributed by atoms with Crippen LogP contribution in [-0.4, -0.2) is 26.3 Å². The molecule has 0 spiro atoms. The molecule has 0 radical (unpaired) electrons. The summed E-state index contributed by atoms with van der Waals surface area (Å²) >= 11 is 5.98. The van der Waals surface area contributed by atoms with Gasteiger partial charge in [0.25, 0.3) is 0 Å². The highest BCUT2D eigenvalue weighted by Gasteiger charge is 2.33. The van der Waals surface area contributed by atoms with Gasteiger partial charge >= 0.3 is 0 Å². The third-order valence-electron chi connectivity index (χ3n) is 4.47. The zero-order valence-electron chi connectivity index (χ0n) is 12.6. The van der Waals surface area contributed by atoms with Gasteiger partial charge in [-0.25, -0.2) is 0 Å². The Bertz CT molecular complexity index is 627. The van der Waals surface area contributed by atoms with Crippen molar-refractivity contribution in [1.29, 1.82) is 0 Å². The number of aromatic nitrogens is 4. The Hall–Kier alpha value is -1.36. The van der Waals surface area contributed by atoms with Crippen molar-refractivity contribution in [3.63, 3.8) is 0 Å². The number of aromatic amines is 1. The first kappa shape index (κ1) is 14.6. The lowest BCUT2D eigenvalue weighted by Gasteiger charge is -2.37. The number of hydrogen-bond acceptors (Lipinski definition) is 4.